The molecule has 0 saturated heterocycles. The molecule has 0 aliphatic heterocycles. The van der Waals surface area contributed by atoms with E-state index in [1.807, 2.05) is 9.80 Å². The number of rotatable bonds is 4. The summed E-state index contributed by atoms with van der Waals surface area (Å²) in [5.41, 5.74) is 0. The second kappa shape index (κ2) is 15.5. The minimum atomic E-state index is 0. The average Bonchev–Trinajstić information content (AvgIpc) is 2.21. The summed E-state index contributed by atoms with van der Waals surface area (Å²) in [6.45, 7) is 12.1. The molecule has 0 aliphatic carbocycles. The number of hydrogen-bond acceptors (Lipinski definition) is 2. The molecule has 0 amide bonds. The molecular formula is C10H22N2PbS4. The molecular weight excluding hydrogens is 484 g/mol. The third-order valence-electron chi connectivity index (χ3n) is 2.07. The zero-order valence-corrected chi connectivity index (χ0v) is 18.2. The molecule has 17 heavy (non-hydrogen) atoms. The van der Waals surface area contributed by atoms with Crippen LogP contribution in [0.15, 0.2) is 0 Å². The van der Waals surface area contributed by atoms with Gasteiger partial charge in [-0.25, -0.2) is 0 Å². The van der Waals surface area contributed by atoms with Crippen molar-refractivity contribution in [3.05, 3.63) is 0 Å². The molecule has 0 aromatic rings. The Labute approximate surface area is 148 Å². The molecule has 0 bridgehead atoms. The van der Waals surface area contributed by atoms with E-state index in [9.17, 15) is 0 Å². The van der Waals surface area contributed by atoms with Gasteiger partial charge in [0.25, 0.3) is 0 Å². The molecule has 0 rings (SSSR count). The van der Waals surface area contributed by atoms with E-state index in [4.69, 9.17) is 24.4 Å². The molecule has 0 heterocycles. The van der Waals surface area contributed by atoms with Crippen LogP contribution in [0.2, 0.25) is 0 Å². The van der Waals surface area contributed by atoms with E-state index in [1.165, 1.54) is 0 Å². The molecule has 0 spiro atoms. The van der Waals surface area contributed by atoms with Crippen LogP contribution in [0.5, 0.6) is 0 Å². The van der Waals surface area contributed by atoms with E-state index in [0.29, 0.717) is 8.64 Å². The largest absolute Gasteiger partial charge is 0.358 e. The first kappa shape index (κ1) is 23.5. The predicted molar refractivity (Wildman–Crippen MR) is 94.8 cm³/mol. The van der Waals surface area contributed by atoms with Crippen LogP contribution in [0.25, 0.3) is 0 Å². The summed E-state index contributed by atoms with van der Waals surface area (Å²) in [5.74, 6) is 0. The van der Waals surface area contributed by atoms with Crippen molar-refractivity contribution in [3.8, 4) is 0 Å². The summed E-state index contributed by atoms with van der Waals surface area (Å²) in [4.78, 5) is 4.02. The van der Waals surface area contributed by atoms with Crippen LogP contribution in [0.4, 0.5) is 0 Å². The van der Waals surface area contributed by atoms with Gasteiger partial charge in [-0.15, -0.1) is 25.3 Å². The predicted octanol–water partition coefficient (Wildman–Crippen LogP) is 2.71. The second-order valence-electron chi connectivity index (χ2n) is 2.91. The summed E-state index contributed by atoms with van der Waals surface area (Å²) in [5, 5.41) is 0. The van der Waals surface area contributed by atoms with Crippen molar-refractivity contribution in [2.24, 2.45) is 0 Å². The molecule has 0 aromatic heterocycles. The van der Waals surface area contributed by atoms with Crippen molar-refractivity contribution in [2.75, 3.05) is 26.2 Å². The van der Waals surface area contributed by atoms with Crippen molar-refractivity contribution in [1.82, 2.24) is 9.80 Å². The van der Waals surface area contributed by atoms with Gasteiger partial charge in [-0.3, -0.25) is 0 Å². The first-order chi connectivity index (χ1) is 7.44. The van der Waals surface area contributed by atoms with Crippen molar-refractivity contribution < 1.29 is 0 Å². The molecule has 0 aromatic carbocycles. The summed E-state index contributed by atoms with van der Waals surface area (Å²) in [7, 11) is 0. The van der Waals surface area contributed by atoms with Gasteiger partial charge in [-0.05, 0) is 27.7 Å². The van der Waals surface area contributed by atoms with Crippen molar-refractivity contribution >= 4 is 85.6 Å². The Kier molecular flexibility index (Phi) is 21.4. The van der Waals surface area contributed by atoms with E-state index in [0.717, 1.165) is 26.2 Å². The normalized spacial score (nSPS) is 8.35. The molecule has 0 N–H and O–H groups in total. The maximum Gasteiger partial charge on any atom is 0.133 e. The number of thiocarbonyl (C=S) groups is 2. The van der Waals surface area contributed by atoms with E-state index >= 15 is 0 Å². The van der Waals surface area contributed by atoms with Gasteiger partial charge in [-0.1, -0.05) is 24.4 Å². The number of hydrogen-bond donors (Lipinski definition) is 2. The topological polar surface area (TPSA) is 6.48 Å². The Balaban J connectivity index is -0.000000218. The number of thiol groups is 2. The summed E-state index contributed by atoms with van der Waals surface area (Å²) < 4.78 is 1.38. The molecule has 0 atom stereocenters. The Hall–Kier alpha value is 1.40. The van der Waals surface area contributed by atoms with E-state index in [2.05, 4.69) is 53.0 Å². The minimum Gasteiger partial charge on any atom is -0.358 e. The first-order valence-electron chi connectivity index (χ1n) is 5.40. The van der Waals surface area contributed by atoms with Gasteiger partial charge < -0.3 is 9.80 Å². The zero-order valence-electron chi connectivity index (χ0n) is 10.9. The van der Waals surface area contributed by atoms with Crippen LogP contribution in [0, 0.1) is 0 Å². The average molecular weight is 506 g/mol. The fourth-order valence-electron chi connectivity index (χ4n) is 0.988. The van der Waals surface area contributed by atoms with Gasteiger partial charge in [0.2, 0.25) is 0 Å². The van der Waals surface area contributed by atoms with Crippen LogP contribution in [-0.2, 0) is 0 Å². The third-order valence-corrected chi connectivity index (χ3v) is 3.15. The van der Waals surface area contributed by atoms with Gasteiger partial charge in [0.05, 0.1) is 0 Å². The summed E-state index contributed by atoms with van der Waals surface area (Å²) in [6, 6.07) is 0. The van der Waals surface area contributed by atoms with Crippen LogP contribution < -0.4 is 0 Å². The second-order valence-corrected chi connectivity index (χ2v) is 5.14. The van der Waals surface area contributed by atoms with Crippen molar-refractivity contribution in [2.45, 2.75) is 27.7 Å². The molecule has 0 fully saturated rings. The summed E-state index contributed by atoms with van der Waals surface area (Å²) in [6.07, 6.45) is 0. The first-order valence-corrected chi connectivity index (χ1v) is 7.11. The molecule has 0 aliphatic rings. The Morgan fingerprint density at radius 2 is 0.941 bits per heavy atom. The third kappa shape index (κ3) is 13.6. The Morgan fingerprint density at radius 3 is 0.941 bits per heavy atom. The number of nitrogens with zero attached hydrogens (tertiary/aromatic N) is 2. The van der Waals surface area contributed by atoms with E-state index in [1.54, 1.807) is 0 Å². The molecule has 0 unspecified atom stereocenters. The van der Waals surface area contributed by atoms with Crippen molar-refractivity contribution in [1.29, 1.82) is 0 Å². The molecule has 100 valence electrons. The fourth-order valence-corrected chi connectivity index (χ4v) is 2.07. The maximum absolute atomic E-state index is 4.81. The Morgan fingerprint density at radius 1 is 0.765 bits per heavy atom. The standard InChI is InChI=1S/2C5H11NS2.Pb/c2*1-3-6(4-2)5(7)8;/h2*3-4H2,1-2H3,(H,7,8);. The monoisotopic (exact) mass is 506 g/mol. The van der Waals surface area contributed by atoms with E-state index < -0.39 is 0 Å². The molecule has 2 nitrogen and oxygen atoms in total. The molecule has 7 heteroatoms. The van der Waals surface area contributed by atoms with E-state index in [-0.39, 0.29) is 27.3 Å². The van der Waals surface area contributed by atoms with Crippen LogP contribution in [0.3, 0.4) is 0 Å². The van der Waals surface area contributed by atoms with Crippen LogP contribution in [-0.4, -0.2) is 71.9 Å². The molecule has 4 radical (unpaired) electrons. The minimum absolute atomic E-state index is 0. The summed E-state index contributed by atoms with van der Waals surface area (Å²) >= 11 is 17.6. The van der Waals surface area contributed by atoms with Gasteiger partial charge in [0, 0.05) is 53.5 Å². The van der Waals surface area contributed by atoms with Gasteiger partial charge in [0.15, 0.2) is 0 Å². The SMILES string of the molecule is CCN(CC)C(=S)S.CCN(CC)C(=S)S.[Pb]. The van der Waals surface area contributed by atoms with Crippen LogP contribution >= 0.6 is 49.7 Å². The van der Waals surface area contributed by atoms with Crippen LogP contribution in [0.1, 0.15) is 27.7 Å². The molecule has 0 saturated carbocycles. The van der Waals surface area contributed by atoms with Crippen molar-refractivity contribution in [3.63, 3.8) is 0 Å². The quantitative estimate of drug-likeness (QED) is 0.345. The Bertz CT molecular complexity index is 184. The van der Waals surface area contributed by atoms with Gasteiger partial charge >= 0.3 is 0 Å². The smallest absolute Gasteiger partial charge is 0.133 e. The maximum atomic E-state index is 4.81. The van der Waals surface area contributed by atoms with Gasteiger partial charge in [-0.2, -0.15) is 0 Å². The zero-order chi connectivity index (χ0) is 13.1. The fraction of sp³-hybridized carbons (Fsp3) is 0.800. The van der Waals surface area contributed by atoms with Gasteiger partial charge in [0.1, 0.15) is 8.64 Å².